The maximum absolute atomic E-state index is 8.96. The number of pyridine rings is 1. The van der Waals surface area contributed by atoms with Crippen LogP contribution in [-0.4, -0.2) is 12.1 Å². The second-order valence-corrected chi connectivity index (χ2v) is 3.89. The van der Waals surface area contributed by atoms with Gasteiger partial charge >= 0.3 is 0 Å². The minimum Gasteiger partial charge on any atom is -0.495 e. The number of aromatic nitrogens is 1. The molecule has 0 saturated heterocycles. The van der Waals surface area contributed by atoms with E-state index in [1.54, 1.807) is 43.6 Å². The molecular formula is C13H10ClN3O. The molecule has 90 valence electrons. The van der Waals surface area contributed by atoms with E-state index in [9.17, 15) is 0 Å². The highest BCUT2D eigenvalue weighted by molar-refractivity contribution is 6.32. The summed E-state index contributed by atoms with van der Waals surface area (Å²) in [7, 11) is 1.56. The van der Waals surface area contributed by atoms with Crippen molar-refractivity contribution in [3.05, 3.63) is 47.1 Å². The summed E-state index contributed by atoms with van der Waals surface area (Å²) in [6.45, 7) is 0. The molecule has 0 aliphatic carbocycles. The Kier molecular flexibility index (Phi) is 3.66. The zero-order valence-corrected chi connectivity index (χ0v) is 10.4. The van der Waals surface area contributed by atoms with Gasteiger partial charge in [-0.2, -0.15) is 5.26 Å². The van der Waals surface area contributed by atoms with Crippen molar-refractivity contribution in [1.29, 1.82) is 5.26 Å². The predicted octanol–water partition coefficient (Wildman–Crippen LogP) is 3.36. The number of ether oxygens (including phenoxy) is 1. The largest absolute Gasteiger partial charge is 0.495 e. The molecule has 5 heteroatoms. The standard InChI is InChI=1S/C13H10ClN3O/c1-18-12-5-4-10(7-11(12)14)17-13-9(8-15)3-2-6-16-13/h2-7H,1H3,(H,16,17). The molecule has 0 atom stereocenters. The number of hydrogen-bond donors (Lipinski definition) is 1. The van der Waals surface area contributed by atoms with E-state index in [1.165, 1.54) is 0 Å². The fourth-order valence-corrected chi connectivity index (χ4v) is 1.73. The summed E-state index contributed by atoms with van der Waals surface area (Å²) in [6, 6.07) is 10.8. The minimum atomic E-state index is 0.476. The first-order valence-electron chi connectivity index (χ1n) is 5.20. The lowest BCUT2D eigenvalue weighted by molar-refractivity contribution is 0.415. The lowest BCUT2D eigenvalue weighted by Crippen LogP contribution is -1.96. The minimum absolute atomic E-state index is 0.476. The average molecular weight is 260 g/mol. The van der Waals surface area contributed by atoms with Crippen molar-refractivity contribution in [3.8, 4) is 11.8 Å². The summed E-state index contributed by atoms with van der Waals surface area (Å²) >= 11 is 6.02. The van der Waals surface area contributed by atoms with Crippen molar-refractivity contribution >= 4 is 23.1 Å². The van der Waals surface area contributed by atoms with E-state index in [0.717, 1.165) is 5.69 Å². The molecule has 4 nitrogen and oxygen atoms in total. The van der Waals surface area contributed by atoms with E-state index >= 15 is 0 Å². The maximum atomic E-state index is 8.96. The molecule has 0 fully saturated rings. The summed E-state index contributed by atoms with van der Waals surface area (Å²) < 4.78 is 5.07. The van der Waals surface area contributed by atoms with Crippen molar-refractivity contribution < 1.29 is 4.74 Å². The van der Waals surface area contributed by atoms with E-state index in [-0.39, 0.29) is 0 Å². The topological polar surface area (TPSA) is 57.9 Å². The van der Waals surface area contributed by atoms with Gasteiger partial charge in [-0.15, -0.1) is 0 Å². The molecule has 0 bridgehead atoms. The lowest BCUT2D eigenvalue weighted by atomic mass is 10.2. The smallest absolute Gasteiger partial charge is 0.148 e. The van der Waals surface area contributed by atoms with Crippen molar-refractivity contribution in [2.75, 3.05) is 12.4 Å². The molecule has 2 rings (SSSR count). The van der Waals surface area contributed by atoms with Gasteiger partial charge in [-0.1, -0.05) is 11.6 Å². The number of anilines is 2. The van der Waals surface area contributed by atoms with E-state index in [1.807, 2.05) is 0 Å². The van der Waals surface area contributed by atoms with Crippen LogP contribution in [0.3, 0.4) is 0 Å². The van der Waals surface area contributed by atoms with Gasteiger partial charge < -0.3 is 10.1 Å². The Hall–Kier alpha value is -2.25. The normalized spacial score (nSPS) is 9.61. The number of hydrogen-bond acceptors (Lipinski definition) is 4. The molecule has 0 unspecified atom stereocenters. The maximum Gasteiger partial charge on any atom is 0.148 e. The summed E-state index contributed by atoms with van der Waals surface area (Å²) in [5.74, 6) is 1.10. The van der Waals surface area contributed by atoms with Crippen LogP contribution in [0.25, 0.3) is 0 Å². The molecule has 0 amide bonds. The number of nitrogens with zero attached hydrogens (tertiary/aromatic N) is 2. The van der Waals surface area contributed by atoms with Gasteiger partial charge in [-0.3, -0.25) is 0 Å². The number of benzene rings is 1. The molecule has 0 aliphatic heterocycles. The molecular weight excluding hydrogens is 250 g/mol. The van der Waals surface area contributed by atoms with E-state index in [0.29, 0.717) is 22.2 Å². The van der Waals surface area contributed by atoms with Crippen LogP contribution in [0.1, 0.15) is 5.56 Å². The van der Waals surface area contributed by atoms with Crippen LogP contribution in [0.2, 0.25) is 5.02 Å². The molecule has 0 spiro atoms. The van der Waals surface area contributed by atoms with Gasteiger partial charge in [-0.05, 0) is 30.3 Å². The van der Waals surface area contributed by atoms with E-state index < -0.39 is 0 Å². The Morgan fingerprint density at radius 1 is 1.39 bits per heavy atom. The fourth-order valence-electron chi connectivity index (χ4n) is 1.48. The summed E-state index contributed by atoms with van der Waals surface area (Å²) in [5, 5.41) is 12.5. The summed E-state index contributed by atoms with van der Waals surface area (Å²) in [5.41, 5.74) is 1.22. The van der Waals surface area contributed by atoms with Crippen LogP contribution in [0, 0.1) is 11.3 Å². The Morgan fingerprint density at radius 2 is 2.22 bits per heavy atom. The number of nitrogens with one attached hydrogen (secondary N) is 1. The monoisotopic (exact) mass is 259 g/mol. The molecule has 18 heavy (non-hydrogen) atoms. The zero-order chi connectivity index (χ0) is 13.0. The molecule has 0 aliphatic rings. The number of halogens is 1. The first-order valence-corrected chi connectivity index (χ1v) is 5.58. The second-order valence-electron chi connectivity index (χ2n) is 3.49. The van der Waals surface area contributed by atoms with Gasteiger partial charge in [0.15, 0.2) is 0 Å². The molecule has 1 aromatic heterocycles. The van der Waals surface area contributed by atoms with Gasteiger partial charge in [0.25, 0.3) is 0 Å². The van der Waals surface area contributed by atoms with Crippen LogP contribution < -0.4 is 10.1 Å². The predicted molar refractivity (Wildman–Crippen MR) is 70.2 cm³/mol. The van der Waals surface area contributed by atoms with E-state index in [4.69, 9.17) is 21.6 Å². The fraction of sp³-hybridized carbons (Fsp3) is 0.0769. The highest BCUT2D eigenvalue weighted by Gasteiger charge is 2.05. The summed E-state index contributed by atoms with van der Waals surface area (Å²) in [4.78, 5) is 4.11. The summed E-state index contributed by atoms with van der Waals surface area (Å²) in [6.07, 6.45) is 1.62. The first-order chi connectivity index (χ1) is 8.74. The van der Waals surface area contributed by atoms with Crippen LogP contribution >= 0.6 is 11.6 Å². The quantitative estimate of drug-likeness (QED) is 0.918. The van der Waals surface area contributed by atoms with Crippen LogP contribution in [0.4, 0.5) is 11.5 Å². The molecule has 2 aromatic rings. The van der Waals surface area contributed by atoms with Crippen LogP contribution in [-0.2, 0) is 0 Å². The van der Waals surface area contributed by atoms with Crippen molar-refractivity contribution in [1.82, 2.24) is 4.98 Å². The third-order valence-electron chi connectivity index (χ3n) is 2.34. The van der Waals surface area contributed by atoms with Crippen LogP contribution in [0.15, 0.2) is 36.5 Å². The third kappa shape index (κ3) is 2.53. The van der Waals surface area contributed by atoms with Gasteiger partial charge in [0.2, 0.25) is 0 Å². The van der Waals surface area contributed by atoms with Gasteiger partial charge in [0, 0.05) is 11.9 Å². The third-order valence-corrected chi connectivity index (χ3v) is 2.64. The Labute approximate surface area is 110 Å². The van der Waals surface area contributed by atoms with Gasteiger partial charge in [0.05, 0.1) is 17.7 Å². The average Bonchev–Trinajstić information content (AvgIpc) is 2.39. The number of rotatable bonds is 3. The number of nitriles is 1. The molecule has 0 radical (unpaired) electrons. The SMILES string of the molecule is COc1ccc(Nc2ncccc2C#N)cc1Cl. The van der Waals surface area contributed by atoms with Gasteiger partial charge in [-0.25, -0.2) is 4.98 Å². The molecule has 1 aromatic carbocycles. The number of methoxy groups -OCH3 is 1. The van der Waals surface area contributed by atoms with E-state index in [2.05, 4.69) is 16.4 Å². The Bertz CT molecular complexity index is 607. The van der Waals surface area contributed by atoms with Crippen molar-refractivity contribution in [2.24, 2.45) is 0 Å². The molecule has 0 saturated carbocycles. The highest BCUT2D eigenvalue weighted by atomic mass is 35.5. The molecule has 1 heterocycles. The van der Waals surface area contributed by atoms with Gasteiger partial charge in [0.1, 0.15) is 17.6 Å². The van der Waals surface area contributed by atoms with Crippen molar-refractivity contribution in [3.63, 3.8) is 0 Å². The highest BCUT2D eigenvalue weighted by Crippen LogP contribution is 2.28. The first kappa shape index (κ1) is 12.2. The Balaban J connectivity index is 2.29. The zero-order valence-electron chi connectivity index (χ0n) is 9.64. The molecule has 1 N–H and O–H groups in total. The van der Waals surface area contributed by atoms with Crippen molar-refractivity contribution in [2.45, 2.75) is 0 Å². The second kappa shape index (κ2) is 5.39. The lowest BCUT2D eigenvalue weighted by Gasteiger charge is -2.09. The van der Waals surface area contributed by atoms with Crippen LogP contribution in [0.5, 0.6) is 5.75 Å². The Morgan fingerprint density at radius 3 is 2.89 bits per heavy atom.